The van der Waals surface area contributed by atoms with E-state index in [1.165, 1.54) is 17.3 Å². The van der Waals surface area contributed by atoms with E-state index in [-0.39, 0.29) is 11.7 Å². The third-order valence-corrected chi connectivity index (χ3v) is 6.66. The van der Waals surface area contributed by atoms with E-state index in [4.69, 9.17) is 0 Å². The van der Waals surface area contributed by atoms with Crippen LogP contribution in [0.15, 0.2) is 24.3 Å². The fourth-order valence-electron chi connectivity index (χ4n) is 1.75. The second kappa shape index (κ2) is 6.94. The first-order chi connectivity index (χ1) is 8.45. The molecule has 0 atom stereocenters. The molecule has 1 N–H and O–H groups in total. The first kappa shape index (κ1) is 15.2. The zero-order valence-electron chi connectivity index (χ0n) is 10.9. The summed E-state index contributed by atoms with van der Waals surface area (Å²) in [5.41, 5.74) is 0. The van der Waals surface area contributed by atoms with E-state index < -0.39 is 8.07 Å². The molecule has 100 valence electrons. The number of halogens is 1. The lowest BCUT2D eigenvalue weighted by Gasteiger charge is -2.23. The van der Waals surface area contributed by atoms with Gasteiger partial charge in [-0.1, -0.05) is 30.4 Å². The van der Waals surface area contributed by atoms with E-state index in [9.17, 15) is 9.18 Å². The molecule has 2 nitrogen and oxygen atoms in total. The molecule has 0 saturated carbocycles. The largest absolute Gasteiger partial charge is 0.356 e. The van der Waals surface area contributed by atoms with Crippen LogP contribution in [0.4, 0.5) is 4.39 Å². The minimum atomic E-state index is -1.59. The fraction of sp³-hybridized carbons (Fsp3) is 0.462. The Morgan fingerprint density at radius 2 is 1.94 bits per heavy atom. The molecule has 0 radical (unpaired) electrons. The Kier molecular flexibility index (Phi) is 5.88. The minimum Gasteiger partial charge on any atom is -0.356 e. The number of hydrogen-bond acceptors (Lipinski definition) is 2. The Morgan fingerprint density at radius 3 is 2.50 bits per heavy atom. The quantitative estimate of drug-likeness (QED) is 0.609. The Morgan fingerprint density at radius 1 is 1.33 bits per heavy atom. The second-order valence-electron chi connectivity index (χ2n) is 4.96. The highest BCUT2D eigenvalue weighted by Crippen LogP contribution is 2.09. The maximum Gasteiger partial charge on any atom is 0.220 e. The van der Waals surface area contributed by atoms with Crippen LogP contribution in [0.25, 0.3) is 0 Å². The molecule has 0 aromatic heterocycles. The van der Waals surface area contributed by atoms with Crippen molar-refractivity contribution in [3.05, 3.63) is 30.1 Å². The van der Waals surface area contributed by atoms with Gasteiger partial charge in [-0.15, -0.1) is 0 Å². The van der Waals surface area contributed by atoms with Crippen LogP contribution < -0.4 is 10.5 Å². The van der Waals surface area contributed by atoms with Gasteiger partial charge in [-0.05, 0) is 23.9 Å². The average molecular weight is 285 g/mol. The topological polar surface area (TPSA) is 29.1 Å². The highest BCUT2D eigenvalue weighted by atomic mass is 32.1. The van der Waals surface area contributed by atoms with Gasteiger partial charge in [-0.2, -0.15) is 12.6 Å². The van der Waals surface area contributed by atoms with Gasteiger partial charge in [0.05, 0.1) is 8.07 Å². The average Bonchev–Trinajstić information content (AvgIpc) is 2.29. The molecule has 0 spiro atoms. The van der Waals surface area contributed by atoms with Crippen molar-refractivity contribution in [2.24, 2.45) is 0 Å². The monoisotopic (exact) mass is 285 g/mol. The summed E-state index contributed by atoms with van der Waals surface area (Å²) in [6, 6.07) is 7.68. The number of hydrogen-bond donors (Lipinski definition) is 2. The highest BCUT2D eigenvalue weighted by Gasteiger charge is 2.22. The molecule has 0 unspecified atom stereocenters. The molecular weight excluding hydrogens is 265 g/mol. The Hall–Kier alpha value is -0.813. The predicted molar refractivity (Wildman–Crippen MR) is 79.8 cm³/mol. The van der Waals surface area contributed by atoms with Crippen molar-refractivity contribution in [2.75, 3.05) is 12.3 Å². The number of amides is 1. The highest BCUT2D eigenvalue weighted by molar-refractivity contribution is 7.80. The molecule has 0 saturated heterocycles. The summed E-state index contributed by atoms with van der Waals surface area (Å²) in [4.78, 5) is 11.3. The minimum absolute atomic E-state index is 0.0499. The third-order valence-electron chi connectivity index (χ3n) is 3.04. The lowest BCUT2D eigenvalue weighted by Crippen LogP contribution is -2.44. The standard InChI is InChI=1S/C13H20FNOSSi/c1-18(2,10-8-15-13(16)7-9-17)12-5-3-11(14)4-6-12/h3-6,17H,7-10H2,1-2H3,(H,15,16). The van der Waals surface area contributed by atoms with Crippen molar-refractivity contribution in [2.45, 2.75) is 25.6 Å². The number of thiol groups is 1. The number of rotatable bonds is 6. The maximum atomic E-state index is 12.9. The summed E-state index contributed by atoms with van der Waals surface area (Å²) in [6.07, 6.45) is 0.460. The van der Waals surface area contributed by atoms with Crippen molar-refractivity contribution in [3.63, 3.8) is 0 Å². The van der Waals surface area contributed by atoms with Gasteiger partial charge < -0.3 is 5.32 Å². The van der Waals surface area contributed by atoms with E-state index in [2.05, 4.69) is 31.0 Å². The number of carbonyl (C=O) groups is 1. The molecule has 0 aliphatic heterocycles. The molecule has 0 fully saturated rings. The lowest BCUT2D eigenvalue weighted by molar-refractivity contribution is -0.120. The van der Waals surface area contributed by atoms with Crippen LogP contribution in [0, 0.1) is 5.82 Å². The Labute approximate surface area is 114 Å². The summed E-state index contributed by atoms with van der Waals surface area (Å²) in [5.74, 6) is 0.421. The zero-order valence-corrected chi connectivity index (χ0v) is 12.8. The fourth-order valence-corrected chi connectivity index (χ4v) is 4.06. The summed E-state index contributed by atoms with van der Waals surface area (Å²) in [6.45, 7) is 5.14. The normalized spacial score (nSPS) is 11.3. The van der Waals surface area contributed by atoms with Crippen molar-refractivity contribution in [1.82, 2.24) is 5.32 Å². The van der Waals surface area contributed by atoms with Gasteiger partial charge in [0.2, 0.25) is 5.91 Å². The molecule has 1 amide bonds. The Balaban J connectivity index is 2.49. The Bertz CT molecular complexity index is 394. The summed E-state index contributed by atoms with van der Waals surface area (Å²) >= 11 is 4.02. The molecule has 0 aliphatic carbocycles. The van der Waals surface area contributed by atoms with Gasteiger partial charge in [-0.25, -0.2) is 4.39 Å². The van der Waals surface area contributed by atoms with Gasteiger partial charge in [0.1, 0.15) is 5.82 Å². The SMILES string of the molecule is C[Si](C)(CCNC(=O)CCS)c1ccc(F)cc1. The number of benzene rings is 1. The van der Waals surface area contributed by atoms with Crippen molar-refractivity contribution in [1.29, 1.82) is 0 Å². The molecule has 0 heterocycles. The molecule has 0 bridgehead atoms. The van der Waals surface area contributed by atoms with Gasteiger partial charge in [-0.3, -0.25) is 4.79 Å². The van der Waals surface area contributed by atoms with Gasteiger partial charge in [0.25, 0.3) is 0 Å². The number of carbonyl (C=O) groups excluding carboxylic acids is 1. The second-order valence-corrected chi connectivity index (χ2v) is 10.3. The molecule has 1 aromatic rings. The first-order valence-corrected chi connectivity index (χ1v) is 9.93. The molecule has 5 heteroatoms. The van der Waals surface area contributed by atoms with E-state index in [0.29, 0.717) is 18.7 Å². The first-order valence-electron chi connectivity index (χ1n) is 6.09. The van der Waals surface area contributed by atoms with E-state index in [0.717, 1.165) is 6.04 Å². The van der Waals surface area contributed by atoms with Crippen LogP contribution in [-0.4, -0.2) is 26.3 Å². The van der Waals surface area contributed by atoms with Crippen LogP contribution in [0.5, 0.6) is 0 Å². The van der Waals surface area contributed by atoms with Crippen molar-refractivity contribution in [3.8, 4) is 0 Å². The zero-order chi connectivity index (χ0) is 13.6. The predicted octanol–water partition coefficient (Wildman–Crippen LogP) is 2.18. The molecule has 1 rings (SSSR count). The van der Waals surface area contributed by atoms with E-state index >= 15 is 0 Å². The smallest absolute Gasteiger partial charge is 0.220 e. The molecule has 0 aliphatic rings. The maximum absolute atomic E-state index is 12.9. The molecule has 1 aromatic carbocycles. The van der Waals surface area contributed by atoms with Gasteiger partial charge >= 0.3 is 0 Å². The number of nitrogens with one attached hydrogen (secondary N) is 1. The third kappa shape index (κ3) is 4.82. The van der Waals surface area contributed by atoms with Crippen LogP contribution in [0.1, 0.15) is 6.42 Å². The van der Waals surface area contributed by atoms with E-state index in [1.807, 2.05) is 12.1 Å². The summed E-state index contributed by atoms with van der Waals surface area (Å²) in [5, 5.41) is 4.11. The van der Waals surface area contributed by atoms with Gasteiger partial charge in [0, 0.05) is 13.0 Å². The van der Waals surface area contributed by atoms with Crippen LogP contribution in [0.3, 0.4) is 0 Å². The lowest BCUT2D eigenvalue weighted by atomic mass is 10.3. The van der Waals surface area contributed by atoms with Gasteiger partial charge in [0.15, 0.2) is 0 Å². The van der Waals surface area contributed by atoms with Crippen molar-refractivity contribution >= 4 is 31.8 Å². The molecular formula is C13H20FNOSSi. The van der Waals surface area contributed by atoms with Crippen molar-refractivity contribution < 1.29 is 9.18 Å². The van der Waals surface area contributed by atoms with Crippen LogP contribution in [-0.2, 0) is 4.79 Å². The van der Waals surface area contributed by atoms with E-state index in [1.54, 1.807) is 0 Å². The summed E-state index contributed by atoms with van der Waals surface area (Å²) < 4.78 is 12.9. The summed E-state index contributed by atoms with van der Waals surface area (Å²) in [7, 11) is -1.59. The van der Waals surface area contributed by atoms with Crippen LogP contribution >= 0.6 is 12.6 Å². The van der Waals surface area contributed by atoms with Crippen LogP contribution in [0.2, 0.25) is 19.1 Å². The molecule has 18 heavy (non-hydrogen) atoms.